The van der Waals surface area contributed by atoms with E-state index in [-0.39, 0.29) is 16.7 Å². The third-order valence-electron chi connectivity index (χ3n) is 5.58. The third kappa shape index (κ3) is 4.32. The molecule has 0 aliphatic heterocycles. The summed E-state index contributed by atoms with van der Waals surface area (Å²) in [5.74, 6) is 0.274. The average Bonchev–Trinajstić information content (AvgIpc) is 3.01. The molecule has 1 amide bonds. The number of carbonyl (C=O) groups is 1. The largest absolute Gasteiger partial charge is 0.325 e. The van der Waals surface area contributed by atoms with Gasteiger partial charge in [-0.2, -0.15) is 0 Å². The van der Waals surface area contributed by atoms with Crippen LogP contribution in [0.1, 0.15) is 56.0 Å². The predicted octanol–water partition coefficient (Wildman–Crippen LogP) is 5.73. The summed E-state index contributed by atoms with van der Waals surface area (Å²) in [7, 11) is 0. The van der Waals surface area contributed by atoms with Crippen molar-refractivity contribution in [1.29, 1.82) is 0 Å². The lowest BCUT2D eigenvalue weighted by Crippen LogP contribution is -2.27. The lowest BCUT2D eigenvalue weighted by atomic mass is 9.97. The number of fused-ring (bicyclic) bond motifs is 1. The minimum Gasteiger partial charge on any atom is -0.325 e. The lowest BCUT2D eigenvalue weighted by molar-refractivity contribution is -0.115. The average molecular weight is 444 g/mol. The summed E-state index contributed by atoms with van der Waals surface area (Å²) in [6.45, 7) is 12.6. The van der Waals surface area contributed by atoms with Gasteiger partial charge in [0, 0.05) is 17.1 Å². The molecule has 30 heavy (non-hydrogen) atoms. The number of nitrogens with one attached hydrogen (secondary N) is 1. The highest BCUT2D eigenvalue weighted by molar-refractivity contribution is 8.00. The Bertz CT molecular complexity index is 1130. The minimum atomic E-state index is -0.390. The molecule has 5 nitrogen and oxygen atoms in total. The summed E-state index contributed by atoms with van der Waals surface area (Å²) in [5.41, 5.74) is 2.96. The zero-order valence-electron chi connectivity index (χ0n) is 18.4. The standard InChI is InChI=1S/C23H29N3O2S2/c1-7-13(3)17-11-9-10-12-18(17)24-20(27)16(6)30-23-25-21-19(14(4)15(5)29-21)22(28)26(23)8-2/h9-13,16H,7-8H2,1-6H3,(H,24,27)/t13-,16-/m1/s1. The molecule has 0 unspecified atom stereocenters. The van der Waals surface area contributed by atoms with Crippen molar-refractivity contribution in [1.82, 2.24) is 9.55 Å². The van der Waals surface area contributed by atoms with Crippen LogP contribution in [0.15, 0.2) is 34.2 Å². The van der Waals surface area contributed by atoms with Gasteiger partial charge in [0.05, 0.1) is 10.6 Å². The SMILES string of the molecule is CC[C@@H](C)c1ccccc1NC(=O)[C@@H](C)Sc1nc2sc(C)c(C)c2c(=O)n1CC. The number of aryl methyl sites for hydroxylation is 2. The van der Waals surface area contributed by atoms with Crippen LogP contribution < -0.4 is 10.9 Å². The first-order chi connectivity index (χ1) is 14.3. The number of hydrogen-bond acceptors (Lipinski definition) is 5. The maximum absolute atomic E-state index is 13.0. The molecule has 0 bridgehead atoms. The number of amides is 1. The van der Waals surface area contributed by atoms with E-state index in [1.54, 1.807) is 4.57 Å². The lowest BCUT2D eigenvalue weighted by Gasteiger charge is -2.18. The molecule has 0 saturated heterocycles. The highest BCUT2D eigenvalue weighted by Gasteiger charge is 2.22. The molecule has 3 aromatic rings. The Labute approximate surface area is 185 Å². The van der Waals surface area contributed by atoms with Crippen LogP contribution in [0, 0.1) is 13.8 Å². The van der Waals surface area contributed by atoms with Gasteiger partial charge < -0.3 is 5.32 Å². The highest BCUT2D eigenvalue weighted by atomic mass is 32.2. The fourth-order valence-corrected chi connectivity index (χ4v) is 5.43. The quantitative estimate of drug-likeness (QED) is 0.374. The molecule has 0 aliphatic carbocycles. The van der Waals surface area contributed by atoms with Crippen LogP contribution in [0.5, 0.6) is 0 Å². The molecule has 0 aliphatic rings. The normalized spacial score (nSPS) is 13.4. The van der Waals surface area contributed by atoms with Crippen molar-refractivity contribution in [2.24, 2.45) is 0 Å². The molecule has 2 aromatic heterocycles. The number of para-hydroxylation sites is 1. The van der Waals surface area contributed by atoms with E-state index in [4.69, 9.17) is 4.98 Å². The van der Waals surface area contributed by atoms with Gasteiger partial charge in [-0.15, -0.1) is 11.3 Å². The Morgan fingerprint density at radius 2 is 1.93 bits per heavy atom. The van der Waals surface area contributed by atoms with E-state index in [0.29, 0.717) is 23.0 Å². The molecule has 1 aromatic carbocycles. The number of rotatable bonds is 7. The monoisotopic (exact) mass is 443 g/mol. The van der Waals surface area contributed by atoms with Gasteiger partial charge in [0.2, 0.25) is 5.91 Å². The van der Waals surface area contributed by atoms with Crippen LogP contribution in [0.2, 0.25) is 0 Å². The van der Waals surface area contributed by atoms with Gasteiger partial charge >= 0.3 is 0 Å². The molecule has 0 fully saturated rings. The zero-order chi connectivity index (χ0) is 22.0. The number of aromatic nitrogens is 2. The second kappa shape index (κ2) is 9.35. The molecule has 0 saturated carbocycles. The van der Waals surface area contributed by atoms with E-state index < -0.39 is 0 Å². The fourth-order valence-electron chi connectivity index (χ4n) is 3.38. The maximum Gasteiger partial charge on any atom is 0.263 e. The van der Waals surface area contributed by atoms with Crippen molar-refractivity contribution < 1.29 is 4.79 Å². The van der Waals surface area contributed by atoms with Crippen molar-refractivity contribution >= 4 is 44.9 Å². The van der Waals surface area contributed by atoms with Crippen molar-refractivity contribution in [2.45, 2.75) is 70.8 Å². The number of thioether (sulfide) groups is 1. The van der Waals surface area contributed by atoms with Crippen molar-refractivity contribution in [3.05, 3.63) is 50.6 Å². The molecule has 3 rings (SSSR count). The summed E-state index contributed by atoms with van der Waals surface area (Å²) >= 11 is 2.87. The van der Waals surface area contributed by atoms with Gasteiger partial charge in [-0.3, -0.25) is 14.2 Å². The van der Waals surface area contributed by atoms with E-state index in [2.05, 4.69) is 25.2 Å². The molecular formula is C23H29N3O2S2. The Balaban J connectivity index is 1.88. The molecule has 1 N–H and O–H groups in total. The van der Waals surface area contributed by atoms with Gasteiger partial charge in [0.25, 0.3) is 5.56 Å². The zero-order valence-corrected chi connectivity index (χ0v) is 20.0. The maximum atomic E-state index is 13.0. The second-order valence-corrected chi connectivity index (χ2v) is 10.1. The van der Waals surface area contributed by atoms with E-state index in [1.807, 2.05) is 45.9 Å². The van der Waals surface area contributed by atoms with Crippen LogP contribution in [-0.4, -0.2) is 20.7 Å². The summed E-state index contributed by atoms with van der Waals surface area (Å²) in [4.78, 5) is 32.6. The van der Waals surface area contributed by atoms with Crippen LogP contribution in [0.4, 0.5) is 5.69 Å². The number of nitrogens with zero attached hydrogens (tertiary/aromatic N) is 2. The third-order valence-corrected chi connectivity index (χ3v) is 7.77. The first-order valence-electron chi connectivity index (χ1n) is 10.3. The first kappa shape index (κ1) is 22.6. The smallest absolute Gasteiger partial charge is 0.263 e. The molecule has 160 valence electrons. The van der Waals surface area contributed by atoms with E-state index in [9.17, 15) is 9.59 Å². The number of hydrogen-bond donors (Lipinski definition) is 1. The summed E-state index contributed by atoms with van der Waals surface area (Å²) in [6, 6.07) is 7.94. The number of carbonyl (C=O) groups excluding carboxylic acids is 1. The Morgan fingerprint density at radius 3 is 2.60 bits per heavy atom. The van der Waals surface area contributed by atoms with Crippen molar-refractivity contribution in [2.75, 3.05) is 5.32 Å². The Hall–Kier alpha value is -2.12. The number of thiophene rings is 1. The van der Waals surface area contributed by atoms with Crippen LogP contribution in [-0.2, 0) is 11.3 Å². The van der Waals surface area contributed by atoms with Crippen LogP contribution >= 0.6 is 23.1 Å². The van der Waals surface area contributed by atoms with E-state index in [1.165, 1.54) is 23.1 Å². The molecular weight excluding hydrogens is 414 g/mol. The molecule has 2 heterocycles. The Kier molecular flexibility index (Phi) is 7.03. The van der Waals surface area contributed by atoms with E-state index in [0.717, 1.165) is 32.9 Å². The fraction of sp³-hybridized carbons (Fsp3) is 0.435. The van der Waals surface area contributed by atoms with E-state index >= 15 is 0 Å². The topological polar surface area (TPSA) is 64.0 Å². The van der Waals surface area contributed by atoms with Gasteiger partial charge in [-0.1, -0.05) is 43.8 Å². The first-order valence-corrected chi connectivity index (χ1v) is 12.0. The summed E-state index contributed by atoms with van der Waals surface area (Å²) in [6.07, 6.45) is 1.00. The molecule has 0 radical (unpaired) electrons. The summed E-state index contributed by atoms with van der Waals surface area (Å²) in [5, 5.41) is 3.98. The number of benzene rings is 1. The second-order valence-electron chi connectivity index (χ2n) is 7.55. The minimum absolute atomic E-state index is 0.0263. The summed E-state index contributed by atoms with van der Waals surface area (Å²) < 4.78 is 1.67. The molecule has 2 atom stereocenters. The van der Waals surface area contributed by atoms with Crippen LogP contribution in [0.3, 0.4) is 0 Å². The van der Waals surface area contributed by atoms with Gasteiger partial charge in [0.1, 0.15) is 4.83 Å². The van der Waals surface area contributed by atoms with Crippen molar-refractivity contribution in [3.63, 3.8) is 0 Å². The highest BCUT2D eigenvalue weighted by Crippen LogP contribution is 2.31. The van der Waals surface area contributed by atoms with Gasteiger partial charge in [-0.25, -0.2) is 4.98 Å². The molecule has 0 spiro atoms. The molecule has 7 heteroatoms. The van der Waals surface area contributed by atoms with Crippen molar-refractivity contribution in [3.8, 4) is 0 Å². The van der Waals surface area contributed by atoms with Crippen LogP contribution in [0.25, 0.3) is 10.2 Å². The Morgan fingerprint density at radius 1 is 1.23 bits per heavy atom. The number of anilines is 1. The van der Waals surface area contributed by atoms with Gasteiger partial charge in [-0.05, 0) is 57.2 Å². The van der Waals surface area contributed by atoms with Gasteiger partial charge in [0.15, 0.2) is 5.16 Å². The predicted molar refractivity (Wildman–Crippen MR) is 128 cm³/mol.